The highest BCUT2D eigenvalue weighted by Crippen LogP contribution is 2.41. The molecule has 1 heterocycles. The van der Waals surface area contributed by atoms with Crippen LogP contribution < -0.4 is 0 Å². The highest BCUT2D eigenvalue weighted by atomic mass is 16.7. The second-order valence-electron chi connectivity index (χ2n) is 11.1. The Morgan fingerprint density at radius 2 is 1.18 bits per heavy atom. The quantitative estimate of drug-likeness (QED) is 0.197. The Morgan fingerprint density at radius 3 is 1.67 bits per heavy atom. The van der Waals surface area contributed by atoms with E-state index in [1.807, 2.05) is 18.2 Å². The Balaban J connectivity index is 1.35. The highest BCUT2D eigenvalue weighted by molar-refractivity contribution is 5.47. The summed E-state index contributed by atoms with van der Waals surface area (Å²) >= 11 is 0. The van der Waals surface area contributed by atoms with Gasteiger partial charge in [-0.05, 0) is 34.9 Å². The number of hydrogen-bond acceptors (Lipinski definition) is 3. The lowest BCUT2D eigenvalue weighted by molar-refractivity contribution is -0.250. The van der Waals surface area contributed by atoms with Crippen molar-refractivity contribution < 1.29 is 14.2 Å². The average Bonchev–Trinajstić information content (AvgIpc) is 3.00. The standard InChI is InChI=1S/C36H40O3/c1-27(24-28(2)34-29(3)26-37-35(39-34)30-16-8-4-9-17-30)25-38-36(31-18-10-5-11-19-31,32-20-12-6-13-21-32)33-22-14-7-15-23-33/h4-23,27-29,34-35H,24-26H2,1-3H3/t27-,28-,29-,34+,35-/m1/s1. The summed E-state index contributed by atoms with van der Waals surface area (Å²) in [5.41, 5.74) is 3.79. The van der Waals surface area contributed by atoms with Crippen LogP contribution in [0.15, 0.2) is 121 Å². The van der Waals surface area contributed by atoms with Crippen LogP contribution in [-0.2, 0) is 19.8 Å². The van der Waals surface area contributed by atoms with Crippen LogP contribution in [-0.4, -0.2) is 19.3 Å². The molecule has 1 saturated heterocycles. The van der Waals surface area contributed by atoms with Crippen molar-refractivity contribution in [1.82, 2.24) is 0 Å². The molecule has 1 fully saturated rings. The van der Waals surface area contributed by atoms with Gasteiger partial charge in [-0.2, -0.15) is 0 Å². The number of ether oxygens (including phenoxy) is 3. The molecule has 1 aliphatic rings. The zero-order valence-corrected chi connectivity index (χ0v) is 23.3. The Bertz CT molecular complexity index is 1160. The van der Waals surface area contributed by atoms with E-state index in [-0.39, 0.29) is 12.4 Å². The summed E-state index contributed by atoms with van der Waals surface area (Å²) in [6, 6.07) is 42.1. The van der Waals surface area contributed by atoms with E-state index in [4.69, 9.17) is 14.2 Å². The van der Waals surface area contributed by atoms with Gasteiger partial charge in [0.1, 0.15) is 5.60 Å². The first-order chi connectivity index (χ1) is 19.1. The van der Waals surface area contributed by atoms with Gasteiger partial charge in [0.2, 0.25) is 0 Å². The normalized spacial score (nSPS) is 21.3. The fourth-order valence-electron chi connectivity index (χ4n) is 6.00. The van der Waals surface area contributed by atoms with Crippen LogP contribution in [0.5, 0.6) is 0 Å². The van der Waals surface area contributed by atoms with Gasteiger partial charge >= 0.3 is 0 Å². The van der Waals surface area contributed by atoms with Gasteiger partial charge in [0.15, 0.2) is 6.29 Å². The molecule has 0 radical (unpaired) electrons. The van der Waals surface area contributed by atoms with Crippen LogP contribution >= 0.6 is 0 Å². The number of benzene rings is 4. The fraction of sp³-hybridized carbons (Fsp3) is 0.333. The zero-order valence-electron chi connectivity index (χ0n) is 23.3. The molecule has 3 nitrogen and oxygen atoms in total. The van der Waals surface area contributed by atoms with Crippen molar-refractivity contribution in [3.8, 4) is 0 Å². The third-order valence-corrected chi connectivity index (χ3v) is 7.88. The molecule has 0 aromatic heterocycles. The summed E-state index contributed by atoms with van der Waals surface area (Å²) in [5.74, 6) is 1.04. The van der Waals surface area contributed by atoms with Crippen LogP contribution in [0.3, 0.4) is 0 Å². The molecule has 3 heteroatoms. The maximum absolute atomic E-state index is 7.09. The van der Waals surface area contributed by atoms with Crippen LogP contribution in [0.25, 0.3) is 0 Å². The minimum Gasteiger partial charge on any atom is -0.361 e. The molecule has 0 amide bonds. The van der Waals surface area contributed by atoms with Crippen LogP contribution in [0, 0.1) is 17.8 Å². The first kappa shape index (κ1) is 27.3. The first-order valence-electron chi connectivity index (χ1n) is 14.2. The predicted octanol–water partition coefficient (Wildman–Crippen LogP) is 8.41. The maximum Gasteiger partial charge on any atom is 0.184 e. The summed E-state index contributed by atoms with van der Waals surface area (Å²) in [4.78, 5) is 0. The summed E-state index contributed by atoms with van der Waals surface area (Å²) in [7, 11) is 0. The van der Waals surface area contributed by atoms with Gasteiger partial charge in [0.25, 0.3) is 0 Å². The molecule has 5 rings (SSSR count). The van der Waals surface area contributed by atoms with Gasteiger partial charge < -0.3 is 14.2 Å². The van der Waals surface area contributed by atoms with E-state index < -0.39 is 5.60 Å². The monoisotopic (exact) mass is 520 g/mol. The van der Waals surface area contributed by atoms with E-state index in [9.17, 15) is 0 Å². The average molecular weight is 521 g/mol. The molecule has 4 aromatic carbocycles. The zero-order chi connectivity index (χ0) is 27.1. The van der Waals surface area contributed by atoms with Crippen LogP contribution in [0.2, 0.25) is 0 Å². The van der Waals surface area contributed by atoms with Gasteiger partial charge in [0.05, 0.1) is 19.3 Å². The van der Waals surface area contributed by atoms with Gasteiger partial charge in [-0.3, -0.25) is 0 Å². The lowest BCUT2D eigenvalue weighted by Gasteiger charge is -2.40. The molecule has 0 bridgehead atoms. The molecule has 0 unspecified atom stereocenters. The molecule has 39 heavy (non-hydrogen) atoms. The molecule has 202 valence electrons. The SMILES string of the molecule is C[C@@H](COC(c1ccccc1)(c1ccccc1)c1ccccc1)C[C@@H](C)[C@@H]1O[C@H](c2ccccc2)OC[C@H]1C. The third kappa shape index (κ3) is 6.17. The van der Waals surface area contributed by atoms with Gasteiger partial charge in [0, 0.05) is 11.5 Å². The van der Waals surface area contributed by atoms with Crippen molar-refractivity contribution in [3.05, 3.63) is 144 Å². The largest absolute Gasteiger partial charge is 0.361 e. The predicted molar refractivity (Wildman–Crippen MR) is 157 cm³/mol. The van der Waals surface area contributed by atoms with Crippen molar-refractivity contribution in [2.24, 2.45) is 17.8 Å². The van der Waals surface area contributed by atoms with E-state index in [1.54, 1.807) is 0 Å². The first-order valence-corrected chi connectivity index (χ1v) is 14.2. The summed E-state index contributed by atoms with van der Waals surface area (Å²) in [5, 5.41) is 0. The summed E-state index contributed by atoms with van der Waals surface area (Å²) in [6.45, 7) is 8.17. The lowest BCUT2D eigenvalue weighted by Crippen LogP contribution is -2.40. The van der Waals surface area contributed by atoms with Crippen LogP contribution in [0.1, 0.15) is 55.7 Å². The van der Waals surface area contributed by atoms with Crippen LogP contribution in [0.4, 0.5) is 0 Å². The Hall–Kier alpha value is -3.24. The third-order valence-electron chi connectivity index (χ3n) is 7.88. The van der Waals surface area contributed by atoms with Crippen molar-refractivity contribution >= 4 is 0 Å². The molecule has 5 atom stereocenters. The Labute approximate surface area is 233 Å². The second kappa shape index (κ2) is 12.7. The van der Waals surface area contributed by atoms with Gasteiger partial charge in [-0.25, -0.2) is 0 Å². The fourth-order valence-corrected chi connectivity index (χ4v) is 6.00. The van der Waals surface area contributed by atoms with Crippen molar-refractivity contribution in [3.63, 3.8) is 0 Å². The molecule has 0 saturated carbocycles. The lowest BCUT2D eigenvalue weighted by atomic mass is 9.80. The van der Waals surface area contributed by atoms with Gasteiger partial charge in [-0.1, -0.05) is 142 Å². The molecule has 4 aromatic rings. The van der Waals surface area contributed by atoms with E-state index in [0.29, 0.717) is 31.0 Å². The van der Waals surface area contributed by atoms with Crippen molar-refractivity contribution in [2.75, 3.05) is 13.2 Å². The second-order valence-corrected chi connectivity index (χ2v) is 11.1. The smallest absolute Gasteiger partial charge is 0.184 e. The Kier molecular flexibility index (Phi) is 8.93. The molecule has 0 spiro atoms. The van der Waals surface area contributed by atoms with E-state index in [1.165, 1.54) is 0 Å². The summed E-state index contributed by atoms with van der Waals surface area (Å²) < 4.78 is 19.7. The molecular weight excluding hydrogens is 480 g/mol. The van der Waals surface area contributed by atoms with Crippen molar-refractivity contribution in [2.45, 2.75) is 45.2 Å². The van der Waals surface area contributed by atoms with E-state index in [0.717, 1.165) is 28.7 Å². The topological polar surface area (TPSA) is 27.7 Å². The highest BCUT2D eigenvalue weighted by Gasteiger charge is 2.39. The maximum atomic E-state index is 7.09. The summed E-state index contributed by atoms with van der Waals surface area (Å²) in [6.07, 6.45) is 0.835. The number of hydrogen-bond donors (Lipinski definition) is 0. The minimum absolute atomic E-state index is 0.133. The molecule has 1 aliphatic heterocycles. The molecular formula is C36H40O3. The minimum atomic E-state index is -0.692. The Morgan fingerprint density at radius 1 is 0.718 bits per heavy atom. The van der Waals surface area contributed by atoms with E-state index in [2.05, 4.69) is 124 Å². The van der Waals surface area contributed by atoms with Gasteiger partial charge in [-0.15, -0.1) is 0 Å². The van der Waals surface area contributed by atoms with E-state index >= 15 is 0 Å². The molecule has 0 aliphatic carbocycles. The van der Waals surface area contributed by atoms with Crippen molar-refractivity contribution in [1.29, 1.82) is 0 Å². The molecule has 0 N–H and O–H groups in total. The number of rotatable bonds is 10.